The SMILES string of the molecule is C#CC(NN)C12COCC1C2. The van der Waals surface area contributed by atoms with Gasteiger partial charge in [0.2, 0.25) is 0 Å². The summed E-state index contributed by atoms with van der Waals surface area (Å²) in [6.07, 6.45) is 6.50. The Morgan fingerprint density at radius 1 is 1.82 bits per heavy atom. The van der Waals surface area contributed by atoms with Gasteiger partial charge in [0.15, 0.2) is 0 Å². The van der Waals surface area contributed by atoms with E-state index in [-0.39, 0.29) is 11.5 Å². The Morgan fingerprint density at radius 2 is 2.64 bits per heavy atom. The molecule has 3 heteroatoms. The molecule has 0 aromatic rings. The summed E-state index contributed by atoms with van der Waals surface area (Å²) in [5.41, 5.74) is 2.84. The summed E-state index contributed by atoms with van der Waals surface area (Å²) >= 11 is 0. The van der Waals surface area contributed by atoms with Crippen LogP contribution in [0, 0.1) is 23.7 Å². The second-order valence-corrected chi connectivity index (χ2v) is 3.42. The van der Waals surface area contributed by atoms with Crippen molar-refractivity contribution in [2.45, 2.75) is 12.5 Å². The van der Waals surface area contributed by atoms with E-state index in [1.807, 2.05) is 0 Å². The number of hydrazine groups is 1. The topological polar surface area (TPSA) is 47.3 Å². The van der Waals surface area contributed by atoms with Crippen molar-refractivity contribution in [2.24, 2.45) is 17.2 Å². The Bertz CT molecular complexity index is 211. The number of terminal acetylenes is 1. The van der Waals surface area contributed by atoms with Crippen LogP contribution in [0.5, 0.6) is 0 Å². The Labute approximate surface area is 66.3 Å². The minimum Gasteiger partial charge on any atom is -0.380 e. The summed E-state index contributed by atoms with van der Waals surface area (Å²) in [5, 5.41) is 0. The number of hydrogen-bond donors (Lipinski definition) is 2. The van der Waals surface area contributed by atoms with Gasteiger partial charge in [-0.3, -0.25) is 5.84 Å². The van der Waals surface area contributed by atoms with Crippen molar-refractivity contribution in [3.05, 3.63) is 0 Å². The summed E-state index contributed by atoms with van der Waals surface area (Å²) in [6.45, 7) is 1.64. The number of hydrogen-bond acceptors (Lipinski definition) is 3. The summed E-state index contributed by atoms with van der Waals surface area (Å²) in [4.78, 5) is 0. The Kier molecular flexibility index (Phi) is 1.43. The van der Waals surface area contributed by atoms with Gasteiger partial charge in [-0.05, 0) is 12.3 Å². The molecule has 0 bridgehead atoms. The van der Waals surface area contributed by atoms with Crippen LogP contribution in [0.25, 0.3) is 0 Å². The van der Waals surface area contributed by atoms with Crippen LogP contribution in [-0.2, 0) is 4.74 Å². The molecule has 1 saturated heterocycles. The highest BCUT2D eigenvalue weighted by atomic mass is 16.5. The van der Waals surface area contributed by atoms with E-state index in [1.165, 1.54) is 6.42 Å². The van der Waals surface area contributed by atoms with Crippen LogP contribution in [0.1, 0.15) is 6.42 Å². The van der Waals surface area contributed by atoms with E-state index >= 15 is 0 Å². The molecular weight excluding hydrogens is 140 g/mol. The number of fused-ring (bicyclic) bond motifs is 1. The summed E-state index contributed by atoms with van der Waals surface area (Å²) in [7, 11) is 0. The van der Waals surface area contributed by atoms with E-state index < -0.39 is 0 Å². The molecule has 1 aliphatic heterocycles. The molecule has 3 nitrogen and oxygen atoms in total. The fourth-order valence-corrected chi connectivity index (χ4v) is 2.01. The first-order valence-corrected chi connectivity index (χ1v) is 3.83. The van der Waals surface area contributed by atoms with Gasteiger partial charge in [-0.1, -0.05) is 5.92 Å². The molecule has 2 rings (SSSR count). The fourth-order valence-electron chi connectivity index (χ4n) is 2.01. The van der Waals surface area contributed by atoms with Crippen LogP contribution in [0.2, 0.25) is 0 Å². The minimum atomic E-state index is -0.00463. The molecule has 0 spiro atoms. The lowest BCUT2D eigenvalue weighted by Gasteiger charge is -2.17. The molecule has 11 heavy (non-hydrogen) atoms. The van der Waals surface area contributed by atoms with Crippen LogP contribution in [-0.4, -0.2) is 19.3 Å². The van der Waals surface area contributed by atoms with Gasteiger partial charge in [-0.15, -0.1) is 6.42 Å². The van der Waals surface area contributed by atoms with E-state index in [9.17, 15) is 0 Å². The third-order valence-corrected chi connectivity index (χ3v) is 2.88. The number of rotatable bonds is 2. The number of nitrogens with two attached hydrogens (primary N) is 1. The lowest BCUT2D eigenvalue weighted by molar-refractivity contribution is 0.140. The smallest absolute Gasteiger partial charge is 0.0896 e. The lowest BCUT2D eigenvalue weighted by atomic mass is 9.97. The molecule has 1 aliphatic carbocycles. The average Bonchev–Trinajstić information content (AvgIpc) is 2.57. The van der Waals surface area contributed by atoms with Crippen LogP contribution in [0.15, 0.2) is 0 Å². The molecular formula is C8H12N2O. The van der Waals surface area contributed by atoms with E-state index in [0.717, 1.165) is 13.2 Å². The van der Waals surface area contributed by atoms with Gasteiger partial charge in [0, 0.05) is 5.41 Å². The monoisotopic (exact) mass is 152 g/mol. The molecule has 1 saturated carbocycles. The molecule has 2 aliphatic rings. The van der Waals surface area contributed by atoms with Crippen molar-refractivity contribution in [1.82, 2.24) is 5.43 Å². The van der Waals surface area contributed by atoms with Gasteiger partial charge in [0.05, 0.1) is 19.3 Å². The minimum absolute atomic E-state index is 0.00463. The largest absolute Gasteiger partial charge is 0.380 e. The van der Waals surface area contributed by atoms with Crippen LogP contribution < -0.4 is 11.3 Å². The molecule has 0 amide bonds. The molecule has 0 radical (unpaired) electrons. The van der Waals surface area contributed by atoms with Crippen molar-refractivity contribution in [3.63, 3.8) is 0 Å². The molecule has 3 unspecified atom stereocenters. The highest BCUT2D eigenvalue weighted by Crippen LogP contribution is 2.58. The molecule has 3 N–H and O–H groups in total. The Hall–Kier alpha value is -0.560. The van der Waals surface area contributed by atoms with Crippen molar-refractivity contribution < 1.29 is 4.74 Å². The zero-order valence-electron chi connectivity index (χ0n) is 6.34. The average molecular weight is 152 g/mol. The first kappa shape index (κ1) is 7.11. The summed E-state index contributed by atoms with van der Waals surface area (Å²) in [6, 6.07) is -0.00463. The molecule has 3 atom stereocenters. The van der Waals surface area contributed by atoms with Crippen molar-refractivity contribution in [1.29, 1.82) is 0 Å². The van der Waals surface area contributed by atoms with Gasteiger partial charge in [0.25, 0.3) is 0 Å². The Balaban J connectivity index is 2.10. The first-order valence-electron chi connectivity index (χ1n) is 3.83. The number of nitrogens with one attached hydrogen (secondary N) is 1. The molecule has 0 aromatic heterocycles. The zero-order chi connectivity index (χ0) is 7.90. The zero-order valence-corrected chi connectivity index (χ0v) is 6.34. The van der Waals surface area contributed by atoms with E-state index in [1.54, 1.807) is 0 Å². The van der Waals surface area contributed by atoms with Gasteiger partial charge in [0.1, 0.15) is 0 Å². The van der Waals surface area contributed by atoms with Gasteiger partial charge in [-0.2, -0.15) is 0 Å². The molecule has 2 fully saturated rings. The van der Waals surface area contributed by atoms with Crippen LogP contribution >= 0.6 is 0 Å². The number of ether oxygens (including phenoxy) is 1. The maximum Gasteiger partial charge on any atom is 0.0896 e. The normalized spacial score (nSPS) is 42.7. The maximum absolute atomic E-state index is 5.33. The molecule has 60 valence electrons. The van der Waals surface area contributed by atoms with E-state index in [2.05, 4.69) is 11.3 Å². The summed E-state index contributed by atoms with van der Waals surface area (Å²) < 4.78 is 5.30. The fraction of sp³-hybridized carbons (Fsp3) is 0.750. The van der Waals surface area contributed by atoms with E-state index in [0.29, 0.717) is 5.92 Å². The molecule has 0 aromatic carbocycles. The maximum atomic E-state index is 5.33. The predicted octanol–water partition coefficient (Wildman–Crippen LogP) is -0.512. The van der Waals surface area contributed by atoms with Crippen molar-refractivity contribution >= 4 is 0 Å². The first-order chi connectivity index (χ1) is 5.33. The third kappa shape index (κ3) is 0.807. The second-order valence-electron chi connectivity index (χ2n) is 3.42. The standard InChI is InChI=1S/C8H12N2O/c1-2-7(10-9)8-3-6(8)4-11-5-8/h1,6-7,10H,3-5,9H2. The predicted molar refractivity (Wildman–Crippen MR) is 41.3 cm³/mol. The molecule has 1 heterocycles. The van der Waals surface area contributed by atoms with E-state index in [4.69, 9.17) is 17.0 Å². The van der Waals surface area contributed by atoms with Crippen LogP contribution in [0.3, 0.4) is 0 Å². The Morgan fingerprint density at radius 3 is 3.00 bits per heavy atom. The van der Waals surface area contributed by atoms with Gasteiger partial charge in [-0.25, -0.2) is 5.43 Å². The summed E-state index contributed by atoms with van der Waals surface area (Å²) in [5.74, 6) is 8.64. The van der Waals surface area contributed by atoms with Gasteiger partial charge >= 0.3 is 0 Å². The lowest BCUT2D eigenvalue weighted by Crippen LogP contribution is -2.42. The second kappa shape index (κ2) is 2.21. The van der Waals surface area contributed by atoms with Crippen molar-refractivity contribution in [3.8, 4) is 12.3 Å². The quantitative estimate of drug-likeness (QED) is 0.318. The van der Waals surface area contributed by atoms with Crippen molar-refractivity contribution in [2.75, 3.05) is 13.2 Å². The van der Waals surface area contributed by atoms with Gasteiger partial charge < -0.3 is 4.74 Å². The third-order valence-electron chi connectivity index (χ3n) is 2.88. The highest BCUT2D eigenvalue weighted by Gasteiger charge is 2.62. The highest BCUT2D eigenvalue weighted by molar-refractivity contribution is 5.20. The van der Waals surface area contributed by atoms with Crippen LogP contribution in [0.4, 0.5) is 0 Å².